The molecule has 0 saturated carbocycles. The van der Waals surface area contributed by atoms with Crippen LogP contribution in [-0.4, -0.2) is 42.6 Å². The predicted molar refractivity (Wildman–Crippen MR) is 138 cm³/mol. The number of non-ortho nitro benzene ring substituents is 1. The van der Waals surface area contributed by atoms with E-state index in [9.17, 15) is 24.5 Å². The number of fused-ring (bicyclic) bond motifs is 1. The van der Waals surface area contributed by atoms with Crippen molar-refractivity contribution in [3.05, 3.63) is 124 Å². The number of nitrogens with zero attached hydrogens (tertiary/aromatic N) is 6. The Kier molecular flexibility index (Phi) is 5.68. The van der Waals surface area contributed by atoms with E-state index in [4.69, 9.17) is 0 Å². The number of nitro benzene ring substituents is 1. The Morgan fingerprint density at radius 3 is 2.26 bits per heavy atom. The first kappa shape index (κ1) is 23.7. The van der Waals surface area contributed by atoms with Crippen molar-refractivity contribution in [3.8, 4) is 0 Å². The Morgan fingerprint density at radius 2 is 1.59 bits per heavy atom. The van der Waals surface area contributed by atoms with Gasteiger partial charge in [-0.2, -0.15) is 0 Å². The highest BCUT2D eigenvalue weighted by atomic mass is 16.6. The third-order valence-electron chi connectivity index (χ3n) is 6.49. The summed E-state index contributed by atoms with van der Waals surface area (Å²) in [6, 6.07) is 23.6. The zero-order chi connectivity index (χ0) is 27.1. The molecule has 0 spiro atoms. The van der Waals surface area contributed by atoms with Crippen molar-refractivity contribution in [1.29, 1.82) is 0 Å². The van der Waals surface area contributed by atoms with Crippen LogP contribution >= 0.6 is 0 Å². The molecule has 0 bridgehead atoms. The van der Waals surface area contributed by atoms with Gasteiger partial charge in [-0.1, -0.05) is 65.9 Å². The van der Waals surface area contributed by atoms with Gasteiger partial charge >= 0.3 is 0 Å². The number of rotatable bonds is 6. The van der Waals surface area contributed by atoms with Gasteiger partial charge in [0, 0.05) is 12.1 Å². The molecule has 6 rings (SSSR count). The molecule has 1 atom stereocenters. The van der Waals surface area contributed by atoms with Crippen LogP contribution < -0.4 is 10.3 Å². The number of hydrazine groups is 1. The fourth-order valence-corrected chi connectivity index (χ4v) is 4.61. The molecule has 2 aliphatic heterocycles. The highest BCUT2D eigenvalue weighted by Crippen LogP contribution is 2.32. The number of hydrogen-bond acceptors (Lipinski definition) is 8. The number of anilines is 1. The molecule has 2 aliphatic rings. The lowest BCUT2D eigenvalue weighted by molar-refractivity contribution is -0.384. The summed E-state index contributed by atoms with van der Waals surface area (Å²) < 4.78 is 1.10. The van der Waals surface area contributed by atoms with Crippen molar-refractivity contribution >= 4 is 34.8 Å². The summed E-state index contributed by atoms with van der Waals surface area (Å²) >= 11 is 0. The molecule has 1 N–H and O–H groups in total. The molecule has 39 heavy (non-hydrogen) atoms. The van der Waals surface area contributed by atoms with Gasteiger partial charge in [0.05, 0.1) is 22.3 Å². The molecule has 0 radical (unpaired) electrons. The maximum atomic E-state index is 13.6. The number of carbonyl (C=O) groups is 3. The quantitative estimate of drug-likeness (QED) is 0.232. The molecule has 4 aromatic rings. The average Bonchev–Trinajstić information content (AvgIpc) is 3.65. The average molecular weight is 521 g/mol. The van der Waals surface area contributed by atoms with Crippen LogP contribution in [0.2, 0.25) is 0 Å². The SMILES string of the molecule is O=C1c2nnn(CC(=O)N3NC(c4ccccc4)=CC3c3ccccc3)c2C(=O)N1c1ccc([N+](=O)[O-])cc1. The number of nitro groups is 1. The standard InChI is InChI=1S/C27H19N7O5/c35-23(33-22(18-9-5-2-6-10-18)15-21(29-33)17-7-3-1-4-8-17)16-31-25-24(28-30-31)26(36)32(27(25)37)19-11-13-20(14-12-19)34(38)39/h1-15,22,29H,16H2. The first-order valence-electron chi connectivity index (χ1n) is 11.9. The smallest absolute Gasteiger partial charge is 0.288 e. The minimum absolute atomic E-state index is 0.126. The molecule has 3 heterocycles. The van der Waals surface area contributed by atoms with Crippen molar-refractivity contribution in [3.63, 3.8) is 0 Å². The van der Waals surface area contributed by atoms with E-state index in [1.54, 1.807) is 0 Å². The zero-order valence-electron chi connectivity index (χ0n) is 20.2. The first-order chi connectivity index (χ1) is 18.9. The summed E-state index contributed by atoms with van der Waals surface area (Å²) in [5.74, 6) is -1.86. The van der Waals surface area contributed by atoms with E-state index in [1.165, 1.54) is 29.3 Å². The molecular weight excluding hydrogens is 502 g/mol. The maximum Gasteiger partial charge on any atom is 0.288 e. The number of amides is 3. The number of nitrogens with one attached hydrogen (secondary N) is 1. The van der Waals surface area contributed by atoms with E-state index in [1.807, 2.05) is 66.7 Å². The second-order valence-electron chi connectivity index (χ2n) is 8.84. The number of benzene rings is 3. The molecular formula is C27H19N7O5. The van der Waals surface area contributed by atoms with Crippen molar-refractivity contribution < 1.29 is 19.3 Å². The van der Waals surface area contributed by atoms with Gasteiger partial charge in [-0.25, -0.2) is 14.6 Å². The summed E-state index contributed by atoms with van der Waals surface area (Å²) in [4.78, 5) is 51.0. The summed E-state index contributed by atoms with van der Waals surface area (Å²) in [7, 11) is 0. The molecule has 1 aromatic heterocycles. The monoisotopic (exact) mass is 521 g/mol. The molecule has 1 unspecified atom stereocenters. The van der Waals surface area contributed by atoms with Crippen molar-refractivity contribution in [1.82, 2.24) is 25.4 Å². The predicted octanol–water partition coefficient (Wildman–Crippen LogP) is 3.12. The summed E-state index contributed by atoms with van der Waals surface area (Å²) in [5, 5.41) is 20.2. The lowest BCUT2D eigenvalue weighted by Gasteiger charge is -2.25. The largest absolute Gasteiger partial charge is 0.295 e. The Labute approximate surface area is 220 Å². The van der Waals surface area contributed by atoms with Gasteiger partial charge in [-0.05, 0) is 29.3 Å². The van der Waals surface area contributed by atoms with E-state index in [2.05, 4.69) is 15.7 Å². The van der Waals surface area contributed by atoms with Crippen molar-refractivity contribution in [2.75, 3.05) is 4.90 Å². The van der Waals surface area contributed by atoms with E-state index in [-0.39, 0.29) is 29.3 Å². The lowest BCUT2D eigenvalue weighted by Crippen LogP contribution is -2.42. The van der Waals surface area contributed by atoms with Gasteiger partial charge in [0.25, 0.3) is 23.4 Å². The summed E-state index contributed by atoms with van der Waals surface area (Å²) in [5.41, 5.74) is 5.34. The highest BCUT2D eigenvalue weighted by Gasteiger charge is 2.43. The van der Waals surface area contributed by atoms with Crippen LogP contribution in [0, 0.1) is 10.1 Å². The normalized spacial score (nSPS) is 16.2. The van der Waals surface area contributed by atoms with Crippen LogP contribution in [0.4, 0.5) is 11.4 Å². The van der Waals surface area contributed by atoms with Gasteiger partial charge in [0.2, 0.25) is 0 Å². The Hall–Kier alpha value is -5.65. The molecule has 0 saturated heterocycles. The number of carbonyl (C=O) groups excluding carboxylic acids is 3. The molecule has 3 amide bonds. The Morgan fingerprint density at radius 1 is 0.923 bits per heavy atom. The van der Waals surface area contributed by atoms with Gasteiger partial charge in [0.1, 0.15) is 6.54 Å². The third kappa shape index (κ3) is 4.09. The van der Waals surface area contributed by atoms with E-state index in [0.29, 0.717) is 0 Å². The van der Waals surface area contributed by atoms with Gasteiger partial charge in [-0.3, -0.25) is 29.9 Å². The number of aromatic nitrogens is 3. The lowest BCUT2D eigenvalue weighted by atomic mass is 10.0. The molecule has 0 fully saturated rings. The maximum absolute atomic E-state index is 13.6. The second kappa shape index (κ2) is 9.34. The Balaban J connectivity index is 1.27. The summed E-state index contributed by atoms with van der Waals surface area (Å²) in [6.07, 6.45) is 1.94. The van der Waals surface area contributed by atoms with E-state index in [0.717, 1.165) is 26.4 Å². The van der Waals surface area contributed by atoms with Gasteiger partial charge in [0.15, 0.2) is 11.4 Å². The molecule has 3 aromatic carbocycles. The zero-order valence-corrected chi connectivity index (χ0v) is 20.2. The fourth-order valence-electron chi connectivity index (χ4n) is 4.61. The first-order valence-corrected chi connectivity index (χ1v) is 11.9. The van der Waals surface area contributed by atoms with Gasteiger partial charge in [-0.15, -0.1) is 5.10 Å². The van der Waals surface area contributed by atoms with Crippen LogP contribution in [0.1, 0.15) is 38.1 Å². The molecule has 192 valence electrons. The van der Waals surface area contributed by atoms with Crippen LogP contribution in [0.5, 0.6) is 0 Å². The Bertz CT molecular complexity index is 1650. The molecule has 0 aliphatic carbocycles. The highest BCUT2D eigenvalue weighted by molar-refractivity contribution is 6.33. The number of imide groups is 1. The van der Waals surface area contributed by atoms with Crippen LogP contribution in [0.15, 0.2) is 91.0 Å². The van der Waals surface area contributed by atoms with E-state index < -0.39 is 28.7 Å². The van der Waals surface area contributed by atoms with Crippen molar-refractivity contribution in [2.24, 2.45) is 0 Å². The second-order valence-corrected chi connectivity index (χ2v) is 8.84. The minimum atomic E-state index is -0.725. The van der Waals surface area contributed by atoms with Crippen LogP contribution in [0.25, 0.3) is 5.70 Å². The van der Waals surface area contributed by atoms with Gasteiger partial charge < -0.3 is 0 Å². The van der Waals surface area contributed by atoms with Crippen LogP contribution in [0.3, 0.4) is 0 Å². The number of hydrogen-bond donors (Lipinski definition) is 1. The minimum Gasteiger partial charge on any atom is -0.295 e. The topological polar surface area (TPSA) is 144 Å². The van der Waals surface area contributed by atoms with E-state index >= 15 is 0 Å². The van der Waals surface area contributed by atoms with Crippen LogP contribution in [-0.2, 0) is 11.3 Å². The third-order valence-corrected chi connectivity index (χ3v) is 6.49. The fraction of sp³-hybridized carbons (Fsp3) is 0.0741. The summed E-state index contributed by atoms with van der Waals surface area (Å²) in [6.45, 7) is -0.359. The molecule has 12 nitrogen and oxygen atoms in total. The van der Waals surface area contributed by atoms with Crippen molar-refractivity contribution in [2.45, 2.75) is 12.6 Å². The molecule has 12 heteroatoms.